The standard InChI is InChI=1S/C31H27Cl3N2O5S/c1-35(2)16-8-9-17-20(13-16)41-29-18-7-5-11-36-10-4-3-6-15(28(18)36)12-19(29)22(17)23-24(31(39)40)25(32)27(34)30(26(23)33)42-14-21(37)38/h8-9,12-13H,3-7,10-11,14H2,1-2H3,(H-,37,38,39,40)/p+1. The molecular formula is C31H28Cl3N2O5S+. The summed E-state index contributed by atoms with van der Waals surface area (Å²) >= 11 is 21.2. The number of rotatable bonds is 5. The Kier molecular flexibility index (Phi) is 7.85. The number of halogens is 3. The number of hydrogen-bond acceptors (Lipinski definition) is 5. The second kappa shape index (κ2) is 11.3. The Hall–Kier alpha value is -2.91. The maximum atomic E-state index is 12.8. The summed E-state index contributed by atoms with van der Waals surface area (Å²) in [6.45, 7) is 1.98. The fraction of sp³-hybridized carbons (Fsp3) is 0.323. The molecule has 2 N–H and O–H groups in total. The summed E-state index contributed by atoms with van der Waals surface area (Å²) in [5, 5.41) is 21.3. The molecule has 0 spiro atoms. The number of aryl methyl sites for hydroxylation is 2. The summed E-state index contributed by atoms with van der Waals surface area (Å²) in [6, 6.07) is 7.89. The van der Waals surface area contributed by atoms with Gasteiger partial charge in [0.25, 0.3) is 0 Å². The van der Waals surface area contributed by atoms with Crippen molar-refractivity contribution in [2.75, 3.05) is 37.8 Å². The van der Waals surface area contributed by atoms with Crippen LogP contribution < -0.4 is 14.8 Å². The van der Waals surface area contributed by atoms with E-state index in [1.807, 2.05) is 36.9 Å². The Morgan fingerprint density at radius 1 is 0.976 bits per heavy atom. The van der Waals surface area contributed by atoms with Crippen LogP contribution in [0.3, 0.4) is 0 Å². The molecule has 0 unspecified atom stereocenters. The summed E-state index contributed by atoms with van der Waals surface area (Å²) in [4.78, 5) is 27.0. The highest BCUT2D eigenvalue weighted by molar-refractivity contribution is 8.00. The van der Waals surface area contributed by atoms with E-state index in [0.29, 0.717) is 22.5 Å². The van der Waals surface area contributed by atoms with Crippen molar-refractivity contribution in [1.82, 2.24) is 4.58 Å². The first-order valence-electron chi connectivity index (χ1n) is 13.7. The second-order valence-corrected chi connectivity index (χ2v) is 13.0. The number of carboxylic acid groups (broad SMARTS) is 2. The molecule has 0 aromatic heterocycles. The molecule has 7 nitrogen and oxygen atoms in total. The van der Waals surface area contributed by atoms with Gasteiger partial charge in [-0.1, -0.05) is 34.8 Å². The highest BCUT2D eigenvalue weighted by atomic mass is 35.5. The van der Waals surface area contributed by atoms with Crippen molar-refractivity contribution >= 4 is 75.2 Å². The van der Waals surface area contributed by atoms with Gasteiger partial charge in [-0.05, 0) is 49.8 Å². The molecule has 0 fully saturated rings. The molecule has 11 heteroatoms. The molecule has 0 radical (unpaired) electrons. The predicted octanol–water partition coefficient (Wildman–Crippen LogP) is 7.16. The van der Waals surface area contributed by atoms with Crippen LogP contribution in [-0.2, 0) is 17.6 Å². The zero-order valence-corrected chi connectivity index (χ0v) is 26.1. The molecule has 0 amide bonds. The quantitative estimate of drug-likeness (QED) is 0.103. The largest absolute Gasteiger partial charge is 0.481 e. The third-order valence-corrected chi connectivity index (χ3v) is 10.6. The van der Waals surface area contributed by atoms with Crippen molar-refractivity contribution in [2.24, 2.45) is 0 Å². The summed E-state index contributed by atoms with van der Waals surface area (Å²) < 4.78 is 8.70. The van der Waals surface area contributed by atoms with Gasteiger partial charge >= 0.3 is 11.9 Å². The van der Waals surface area contributed by atoms with Crippen molar-refractivity contribution in [1.29, 1.82) is 0 Å². The first-order chi connectivity index (χ1) is 20.1. The number of hydrogen-bond donors (Lipinski definition) is 2. The average Bonchev–Trinajstić information content (AvgIpc) is 3.16. The fourth-order valence-electron chi connectivity index (χ4n) is 6.23. The molecule has 3 heterocycles. The molecule has 218 valence electrons. The molecule has 0 saturated carbocycles. The van der Waals surface area contributed by atoms with Crippen LogP contribution in [-0.4, -0.2) is 55.1 Å². The molecule has 6 rings (SSSR count). The lowest BCUT2D eigenvalue weighted by Crippen LogP contribution is -2.30. The van der Waals surface area contributed by atoms with Gasteiger partial charge in [0.15, 0.2) is 0 Å². The molecule has 42 heavy (non-hydrogen) atoms. The number of aromatic carboxylic acids is 1. The number of nitrogens with zero attached hydrogens (tertiary/aromatic N) is 2. The Bertz CT molecular complexity index is 1850. The number of fused-ring (bicyclic) bond motifs is 3. The molecule has 1 aliphatic carbocycles. The molecule has 2 aromatic rings. The van der Waals surface area contributed by atoms with Crippen molar-refractivity contribution in [2.45, 2.75) is 37.0 Å². The lowest BCUT2D eigenvalue weighted by molar-refractivity contribution is -0.133. The van der Waals surface area contributed by atoms with Gasteiger partial charge in [-0.3, -0.25) is 4.79 Å². The minimum atomic E-state index is -1.29. The van der Waals surface area contributed by atoms with Crippen LogP contribution in [0.2, 0.25) is 15.1 Å². The van der Waals surface area contributed by atoms with Gasteiger partial charge in [0.2, 0.25) is 5.36 Å². The van der Waals surface area contributed by atoms with Crippen molar-refractivity contribution < 1.29 is 24.2 Å². The van der Waals surface area contributed by atoms with E-state index in [2.05, 4.69) is 11.0 Å². The van der Waals surface area contributed by atoms with Gasteiger partial charge in [0.1, 0.15) is 25.4 Å². The smallest absolute Gasteiger partial charge is 0.337 e. The van der Waals surface area contributed by atoms with E-state index in [1.54, 1.807) is 0 Å². The van der Waals surface area contributed by atoms with Crippen molar-refractivity contribution in [3.05, 3.63) is 61.4 Å². The molecule has 0 bridgehead atoms. The zero-order valence-electron chi connectivity index (χ0n) is 23.0. The van der Waals surface area contributed by atoms with Crippen molar-refractivity contribution in [3.8, 4) is 22.5 Å². The maximum absolute atomic E-state index is 12.8. The van der Waals surface area contributed by atoms with Gasteiger partial charge in [-0.2, -0.15) is 0 Å². The molecule has 0 atom stereocenters. The minimum Gasteiger partial charge on any atom is -0.481 e. The van der Waals surface area contributed by atoms with Gasteiger partial charge in [-0.15, -0.1) is 11.8 Å². The van der Waals surface area contributed by atoms with Crippen LogP contribution in [0, 0.1) is 0 Å². The van der Waals surface area contributed by atoms with Crippen LogP contribution in [0.15, 0.2) is 33.6 Å². The minimum absolute atomic E-state index is 0.0451. The SMILES string of the molecule is C[N+](C)=c1ccc2c(-c3c(Cl)c(SCC(=O)O)c(Cl)c(Cl)c3C(=O)O)c3cc4c5c(c3oc-2c1)CCCN5CCCC4. The first kappa shape index (κ1) is 29.2. The second-order valence-electron chi connectivity index (χ2n) is 10.8. The number of carboxylic acids is 2. The third-order valence-electron chi connectivity index (χ3n) is 8.04. The van der Waals surface area contributed by atoms with E-state index < -0.39 is 11.9 Å². The molecule has 0 saturated heterocycles. The Balaban J connectivity index is 1.82. The normalized spacial score (nSPS) is 14.6. The highest BCUT2D eigenvalue weighted by Crippen LogP contribution is 2.53. The lowest BCUT2D eigenvalue weighted by atomic mass is 9.86. The number of anilines is 1. The van der Waals surface area contributed by atoms with Crippen molar-refractivity contribution in [3.63, 3.8) is 0 Å². The van der Waals surface area contributed by atoms with E-state index in [4.69, 9.17) is 39.2 Å². The Morgan fingerprint density at radius 3 is 2.45 bits per heavy atom. The van der Waals surface area contributed by atoms with Gasteiger partial charge < -0.3 is 19.5 Å². The number of carbonyl (C=O) groups is 2. The van der Waals surface area contributed by atoms with Gasteiger partial charge in [-0.25, -0.2) is 9.37 Å². The number of benzene rings is 3. The fourth-order valence-corrected chi connectivity index (χ4v) is 8.13. The number of thioether (sulfide) groups is 1. The van der Waals surface area contributed by atoms with E-state index in [-0.39, 0.29) is 36.8 Å². The van der Waals surface area contributed by atoms with Crippen LogP contribution in [0.4, 0.5) is 5.69 Å². The molecule has 2 aromatic carbocycles. The summed E-state index contributed by atoms with van der Waals surface area (Å²) in [7, 11) is 3.88. The lowest BCUT2D eigenvalue weighted by Gasteiger charge is -2.33. The Labute approximate surface area is 261 Å². The highest BCUT2D eigenvalue weighted by Gasteiger charge is 2.33. The number of aliphatic carboxylic acids is 1. The van der Waals surface area contributed by atoms with Crippen LogP contribution in [0.1, 0.15) is 40.7 Å². The van der Waals surface area contributed by atoms with E-state index in [1.165, 1.54) is 11.3 Å². The summed E-state index contributed by atoms with van der Waals surface area (Å²) in [5.74, 6) is -2.11. The zero-order chi connectivity index (χ0) is 29.9. The van der Waals surface area contributed by atoms with Crippen LogP contribution >= 0.6 is 46.6 Å². The maximum Gasteiger partial charge on any atom is 0.337 e. The van der Waals surface area contributed by atoms with Gasteiger partial charge in [0.05, 0.1) is 32.5 Å². The van der Waals surface area contributed by atoms with Crippen LogP contribution in [0.5, 0.6) is 0 Å². The summed E-state index contributed by atoms with van der Waals surface area (Å²) in [5.41, 5.74) is 5.43. The predicted molar refractivity (Wildman–Crippen MR) is 169 cm³/mol. The topological polar surface area (TPSA) is 94.0 Å². The first-order valence-corrected chi connectivity index (χ1v) is 15.8. The van der Waals surface area contributed by atoms with E-state index >= 15 is 0 Å². The average molecular weight is 647 g/mol. The van der Waals surface area contributed by atoms with Crippen LogP contribution in [0.25, 0.3) is 33.4 Å². The van der Waals surface area contributed by atoms with E-state index in [9.17, 15) is 19.8 Å². The Morgan fingerprint density at radius 2 is 1.74 bits per heavy atom. The molecule has 4 aliphatic rings. The van der Waals surface area contributed by atoms with E-state index in [0.717, 1.165) is 73.3 Å². The third kappa shape index (κ3) is 4.82. The van der Waals surface area contributed by atoms with Gasteiger partial charge in [0, 0.05) is 57.4 Å². The molecular weight excluding hydrogens is 619 g/mol. The molecule has 3 aliphatic heterocycles. The monoisotopic (exact) mass is 645 g/mol. The summed E-state index contributed by atoms with van der Waals surface area (Å²) in [6.07, 6.45) is 4.85.